The Hall–Kier alpha value is -3.03. The predicted octanol–water partition coefficient (Wildman–Crippen LogP) is 5.88. The molecule has 1 aliphatic heterocycles. The lowest BCUT2D eigenvalue weighted by Gasteiger charge is -2.16. The third kappa shape index (κ3) is 4.13. The van der Waals surface area contributed by atoms with Gasteiger partial charge < -0.3 is 9.47 Å². The molecule has 0 unspecified atom stereocenters. The molecular weight excluding hydrogens is 416 g/mol. The molecule has 7 heteroatoms. The van der Waals surface area contributed by atoms with Crippen molar-refractivity contribution >= 4 is 51.6 Å². The smallest absolute Gasteiger partial charge is 0.271 e. The quantitative estimate of drug-likeness (QED) is 0.469. The molecule has 2 aromatic carbocycles. The molecule has 2 heterocycles. The number of thiophene rings is 1. The van der Waals surface area contributed by atoms with E-state index in [1.165, 1.54) is 11.8 Å². The van der Waals surface area contributed by atoms with Gasteiger partial charge in [0, 0.05) is 4.88 Å². The third-order valence-electron chi connectivity index (χ3n) is 4.60. The third-order valence-corrected chi connectivity index (χ3v) is 6.53. The summed E-state index contributed by atoms with van der Waals surface area (Å²) in [7, 11) is 3.24. The van der Waals surface area contributed by atoms with E-state index in [4.69, 9.17) is 14.5 Å². The number of rotatable bonds is 5. The highest BCUT2D eigenvalue weighted by molar-refractivity contribution is 8.19. The first kappa shape index (κ1) is 20.3. The van der Waals surface area contributed by atoms with Gasteiger partial charge in [-0.05, 0) is 90.3 Å². The van der Waals surface area contributed by atoms with Gasteiger partial charge in [-0.25, -0.2) is 4.99 Å². The molecule has 4 rings (SSSR count). The summed E-state index contributed by atoms with van der Waals surface area (Å²) in [5.74, 6) is 1.40. The van der Waals surface area contributed by atoms with Gasteiger partial charge in [-0.1, -0.05) is 0 Å². The van der Waals surface area contributed by atoms with Crippen molar-refractivity contribution in [1.82, 2.24) is 0 Å². The number of nitrogens with zero attached hydrogens (tertiary/aromatic N) is 2. The highest BCUT2D eigenvalue weighted by atomic mass is 32.2. The Kier molecular flexibility index (Phi) is 5.92. The van der Waals surface area contributed by atoms with Gasteiger partial charge in [0.15, 0.2) is 5.17 Å². The average Bonchev–Trinajstić information content (AvgIpc) is 3.31. The molecule has 3 aromatic rings. The molecule has 0 radical (unpaired) electrons. The maximum atomic E-state index is 13.3. The number of aryl methyl sites for hydroxylation is 1. The van der Waals surface area contributed by atoms with Gasteiger partial charge in [-0.2, -0.15) is 0 Å². The van der Waals surface area contributed by atoms with Crippen molar-refractivity contribution in [3.8, 4) is 11.5 Å². The number of benzene rings is 2. The van der Waals surface area contributed by atoms with Gasteiger partial charge in [0.05, 0.1) is 30.5 Å². The fourth-order valence-electron chi connectivity index (χ4n) is 2.93. The van der Waals surface area contributed by atoms with E-state index in [9.17, 15) is 4.79 Å². The molecule has 5 nitrogen and oxygen atoms in total. The number of anilines is 1. The summed E-state index contributed by atoms with van der Waals surface area (Å²) < 4.78 is 10.5. The van der Waals surface area contributed by atoms with Crippen molar-refractivity contribution < 1.29 is 14.3 Å². The Balaban J connectivity index is 1.75. The fraction of sp³-hybridized carbons (Fsp3) is 0.130. The molecule has 1 saturated heterocycles. The summed E-state index contributed by atoms with van der Waals surface area (Å²) in [6.45, 7) is 2.04. The average molecular weight is 437 g/mol. The number of carbonyl (C=O) groups is 1. The second-order valence-corrected chi connectivity index (χ2v) is 8.47. The van der Waals surface area contributed by atoms with E-state index in [1.54, 1.807) is 30.5 Å². The van der Waals surface area contributed by atoms with Crippen LogP contribution in [0.4, 0.5) is 11.4 Å². The van der Waals surface area contributed by atoms with Crippen LogP contribution in [0.1, 0.15) is 10.4 Å². The lowest BCUT2D eigenvalue weighted by atomic mass is 10.2. The normalized spacial score (nSPS) is 16.5. The lowest BCUT2D eigenvalue weighted by Crippen LogP contribution is -2.28. The monoisotopic (exact) mass is 436 g/mol. The first-order chi connectivity index (χ1) is 14.6. The molecular formula is C23H20N2O3S2. The minimum Gasteiger partial charge on any atom is -0.497 e. The zero-order valence-corrected chi connectivity index (χ0v) is 18.4. The van der Waals surface area contributed by atoms with Crippen LogP contribution < -0.4 is 14.4 Å². The lowest BCUT2D eigenvalue weighted by molar-refractivity contribution is -0.113. The van der Waals surface area contributed by atoms with Crippen LogP contribution in [0.15, 0.2) is 69.9 Å². The molecule has 0 spiro atoms. The molecule has 1 amide bonds. The summed E-state index contributed by atoms with van der Waals surface area (Å²) in [4.78, 5) is 21.4. The number of ether oxygens (including phenoxy) is 2. The molecule has 0 bridgehead atoms. The van der Waals surface area contributed by atoms with E-state index < -0.39 is 0 Å². The second-order valence-electron chi connectivity index (χ2n) is 6.51. The Morgan fingerprint density at radius 1 is 0.933 bits per heavy atom. The Labute approximate surface area is 183 Å². The van der Waals surface area contributed by atoms with Crippen molar-refractivity contribution in [2.45, 2.75) is 6.92 Å². The minimum absolute atomic E-state index is 0.0924. The Bertz CT molecular complexity index is 1120. The molecule has 1 fully saturated rings. The maximum absolute atomic E-state index is 13.3. The summed E-state index contributed by atoms with van der Waals surface area (Å²) in [6, 6.07) is 16.9. The molecule has 0 atom stereocenters. The summed E-state index contributed by atoms with van der Waals surface area (Å²) in [6.07, 6.45) is 1.94. The van der Waals surface area contributed by atoms with Crippen LogP contribution >= 0.6 is 23.1 Å². The van der Waals surface area contributed by atoms with E-state index in [2.05, 4.69) is 6.07 Å². The van der Waals surface area contributed by atoms with Crippen molar-refractivity contribution in [2.24, 2.45) is 4.99 Å². The topological polar surface area (TPSA) is 51.1 Å². The summed E-state index contributed by atoms with van der Waals surface area (Å²) >= 11 is 2.99. The first-order valence-corrected chi connectivity index (χ1v) is 10.9. The molecule has 30 heavy (non-hydrogen) atoms. The van der Waals surface area contributed by atoms with Crippen molar-refractivity contribution in [3.05, 3.63) is 75.3 Å². The van der Waals surface area contributed by atoms with Crippen LogP contribution in [0.2, 0.25) is 0 Å². The number of aliphatic imine (C=N–C) groups is 1. The van der Waals surface area contributed by atoms with Gasteiger partial charge in [0.1, 0.15) is 11.5 Å². The number of hydrogen-bond acceptors (Lipinski definition) is 6. The number of carbonyl (C=O) groups excluding carboxylic acids is 1. The number of amides is 1. The largest absolute Gasteiger partial charge is 0.497 e. The van der Waals surface area contributed by atoms with Gasteiger partial charge in [0.2, 0.25) is 0 Å². The number of thioether (sulfide) groups is 1. The molecule has 1 aromatic heterocycles. The molecule has 152 valence electrons. The first-order valence-electron chi connectivity index (χ1n) is 9.24. The van der Waals surface area contributed by atoms with Gasteiger partial charge >= 0.3 is 0 Å². The zero-order chi connectivity index (χ0) is 21.1. The highest BCUT2D eigenvalue weighted by Gasteiger charge is 2.35. The van der Waals surface area contributed by atoms with Gasteiger partial charge in [-0.3, -0.25) is 9.69 Å². The summed E-state index contributed by atoms with van der Waals surface area (Å²) in [5, 5.41) is 2.63. The molecule has 0 aliphatic carbocycles. The van der Waals surface area contributed by atoms with E-state index in [0.717, 1.165) is 33.3 Å². The van der Waals surface area contributed by atoms with Gasteiger partial charge in [-0.15, -0.1) is 11.3 Å². The Morgan fingerprint density at radius 2 is 1.57 bits per heavy atom. The molecule has 0 saturated carbocycles. The van der Waals surface area contributed by atoms with E-state index in [1.807, 2.05) is 66.9 Å². The fourth-order valence-corrected chi connectivity index (χ4v) is 4.84. The standard InChI is InChI=1S/C23H20N2O3S2/c1-15-12-13-29-20(15)14-21-22(26)25(17-6-10-19(28-3)11-7-17)23(30-21)24-16-4-8-18(27-2)9-5-16/h4-14H,1-3H3/b21-14+,24-23?. The van der Waals surface area contributed by atoms with Crippen molar-refractivity contribution in [1.29, 1.82) is 0 Å². The van der Waals surface area contributed by atoms with E-state index >= 15 is 0 Å². The summed E-state index contributed by atoms with van der Waals surface area (Å²) in [5.41, 5.74) is 2.64. The zero-order valence-electron chi connectivity index (χ0n) is 16.8. The SMILES string of the molecule is COc1ccc(N=C2S/C(=C/c3sccc3C)C(=O)N2c2ccc(OC)cc2)cc1. The van der Waals surface area contributed by atoms with Crippen LogP contribution in [0.3, 0.4) is 0 Å². The van der Waals surface area contributed by atoms with Crippen LogP contribution in [0.25, 0.3) is 6.08 Å². The number of methoxy groups -OCH3 is 2. The van der Waals surface area contributed by atoms with Crippen LogP contribution in [0, 0.1) is 6.92 Å². The number of amidine groups is 1. The van der Waals surface area contributed by atoms with Gasteiger partial charge in [0.25, 0.3) is 5.91 Å². The maximum Gasteiger partial charge on any atom is 0.271 e. The van der Waals surface area contributed by atoms with E-state index in [0.29, 0.717) is 10.1 Å². The molecule has 1 aliphatic rings. The Morgan fingerprint density at radius 3 is 2.13 bits per heavy atom. The highest BCUT2D eigenvalue weighted by Crippen LogP contribution is 2.38. The van der Waals surface area contributed by atoms with Crippen molar-refractivity contribution in [3.63, 3.8) is 0 Å². The van der Waals surface area contributed by atoms with Crippen LogP contribution in [-0.2, 0) is 4.79 Å². The number of hydrogen-bond donors (Lipinski definition) is 0. The van der Waals surface area contributed by atoms with Crippen LogP contribution in [-0.4, -0.2) is 25.3 Å². The van der Waals surface area contributed by atoms with E-state index in [-0.39, 0.29) is 5.91 Å². The molecule has 0 N–H and O–H groups in total. The minimum atomic E-state index is -0.0924. The predicted molar refractivity (Wildman–Crippen MR) is 125 cm³/mol. The van der Waals surface area contributed by atoms with Crippen LogP contribution in [0.5, 0.6) is 11.5 Å². The van der Waals surface area contributed by atoms with Crippen molar-refractivity contribution in [2.75, 3.05) is 19.1 Å². The second kappa shape index (κ2) is 8.77.